The van der Waals surface area contributed by atoms with Gasteiger partial charge in [-0.3, -0.25) is 4.90 Å². The Bertz CT molecular complexity index is 679. The normalized spacial score (nSPS) is 26.6. The first-order valence-corrected chi connectivity index (χ1v) is 8.16. The Kier molecular flexibility index (Phi) is 2.95. The van der Waals surface area contributed by atoms with E-state index in [0.717, 1.165) is 36.7 Å². The molecule has 1 aromatic heterocycles. The molecule has 4 heteroatoms. The van der Waals surface area contributed by atoms with Gasteiger partial charge in [-0.25, -0.2) is 0 Å². The molecule has 2 aliphatic heterocycles. The molecule has 0 saturated heterocycles. The molecule has 1 N–H and O–H groups in total. The molecule has 3 heterocycles. The molecular formula is C16H19BrN2O. The van der Waals surface area contributed by atoms with Crippen LogP contribution in [0.15, 0.2) is 22.7 Å². The maximum absolute atomic E-state index is 10.6. The molecule has 2 atom stereocenters. The molecule has 2 aromatic rings. The van der Waals surface area contributed by atoms with E-state index >= 15 is 0 Å². The van der Waals surface area contributed by atoms with E-state index < -0.39 is 0 Å². The highest BCUT2D eigenvalue weighted by Crippen LogP contribution is 2.43. The lowest BCUT2D eigenvalue weighted by molar-refractivity contribution is 0.0980. The number of likely N-dealkylation sites (N-methyl/N-ethyl adjacent to an activating group) is 1. The molecule has 2 aliphatic rings. The Morgan fingerprint density at radius 2 is 2.15 bits per heavy atom. The van der Waals surface area contributed by atoms with Gasteiger partial charge in [-0.05, 0) is 50.4 Å². The number of hydrogen-bond acceptors (Lipinski definition) is 2. The minimum absolute atomic E-state index is 0.382. The standard InChI is InChI=1S/C16H19BrN2O/c1-18-8-7-12-11-6-5-10(17)9-14(11)19-15(20)4-2-3-13(18)16(12)19/h5-6,9,13,15,20H,2-4,7-8H2,1H3/t13?,15-/m1/s1. The van der Waals surface area contributed by atoms with Crippen molar-refractivity contribution < 1.29 is 5.11 Å². The number of aliphatic hydroxyl groups is 1. The fourth-order valence-corrected chi connectivity index (χ4v) is 4.30. The van der Waals surface area contributed by atoms with Crippen LogP contribution in [-0.2, 0) is 6.42 Å². The molecule has 20 heavy (non-hydrogen) atoms. The molecule has 3 nitrogen and oxygen atoms in total. The van der Waals surface area contributed by atoms with Gasteiger partial charge in [0.15, 0.2) is 0 Å². The van der Waals surface area contributed by atoms with Crippen LogP contribution < -0.4 is 0 Å². The van der Waals surface area contributed by atoms with E-state index in [0.29, 0.717) is 6.04 Å². The van der Waals surface area contributed by atoms with Crippen molar-refractivity contribution in [2.45, 2.75) is 38.0 Å². The molecule has 106 valence electrons. The quantitative estimate of drug-likeness (QED) is 0.797. The number of aromatic nitrogens is 1. The second-order valence-corrected chi connectivity index (χ2v) is 6.97. The van der Waals surface area contributed by atoms with Gasteiger partial charge >= 0.3 is 0 Å². The fourth-order valence-electron chi connectivity index (χ4n) is 3.95. The Hall–Kier alpha value is -0.840. The highest BCUT2D eigenvalue weighted by molar-refractivity contribution is 9.10. The molecule has 1 unspecified atom stereocenters. The van der Waals surface area contributed by atoms with Crippen molar-refractivity contribution in [3.05, 3.63) is 33.9 Å². The predicted molar refractivity (Wildman–Crippen MR) is 83.8 cm³/mol. The first kappa shape index (κ1) is 12.9. The van der Waals surface area contributed by atoms with E-state index in [-0.39, 0.29) is 6.23 Å². The summed E-state index contributed by atoms with van der Waals surface area (Å²) in [7, 11) is 2.21. The van der Waals surface area contributed by atoms with Crippen LogP contribution in [0, 0.1) is 0 Å². The van der Waals surface area contributed by atoms with Gasteiger partial charge in [-0.1, -0.05) is 22.0 Å². The lowest BCUT2D eigenvalue weighted by Gasteiger charge is -2.33. The Labute approximate surface area is 127 Å². The van der Waals surface area contributed by atoms with Gasteiger partial charge < -0.3 is 9.67 Å². The molecule has 0 saturated carbocycles. The summed E-state index contributed by atoms with van der Waals surface area (Å²) in [5, 5.41) is 11.9. The largest absolute Gasteiger partial charge is 0.373 e. The zero-order valence-corrected chi connectivity index (χ0v) is 13.2. The third-order valence-corrected chi connectivity index (χ3v) is 5.41. The lowest BCUT2D eigenvalue weighted by Crippen LogP contribution is -2.32. The van der Waals surface area contributed by atoms with Crippen LogP contribution in [-0.4, -0.2) is 28.2 Å². The highest BCUT2D eigenvalue weighted by Gasteiger charge is 2.34. The molecule has 0 spiro atoms. The van der Waals surface area contributed by atoms with Crippen LogP contribution >= 0.6 is 15.9 Å². The van der Waals surface area contributed by atoms with E-state index in [9.17, 15) is 5.11 Å². The third kappa shape index (κ3) is 1.71. The number of nitrogens with zero attached hydrogens (tertiary/aromatic N) is 2. The number of halogens is 1. The van der Waals surface area contributed by atoms with Crippen LogP contribution in [0.25, 0.3) is 10.9 Å². The Balaban J connectivity index is 2.08. The van der Waals surface area contributed by atoms with Gasteiger partial charge in [0.1, 0.15) is 6.23 Å². The minimum Gasteiger partial charge on any atom is -0.373 e. The zero-order valence-electron chi connectivity index (χ0n) is 11.6. The van der Waals surface area contributed by atoms with Crippen molar-refractivity contribution in [2.75, 3.05) is 13.6 Å². The number of aliphatic hydroxyl groups excluding tert-OH is 1. The molecule has 4 rings (SSSR count). The first-order chi connectivity index (χ1) is 9.66. The second kappa shape index (κ2) is 4.58. The zero-order chi connectivity index (χ0) is 13.9. The van der Waals surface area contributed by atoms with Crippen molar-refractivity contribution in [3.63, 3.8) is 0 Å². The molecule has 0 aliphatic carbocycles. The average Bonchev–Trinajstić information content (AvgIpc) is 2.63. The molecule has 0 radical (unpaired) electrons. The minimum atomic E-state index is -0.382. The molecular weight excluding hydrogens is 316 g/mol. The van der Waals surface area contributed by atoms with Crippen LogP contribution in [0.2, 0.25) is 0 Å². The summed E-state index contributed by atoms with van der Waals surface area (Å²) < 4.78 is 3.28. The molecule has 0 bridgehead atoms. The summed E-state index contributed by atoms with van der Waals surface area (Å²) in [4.78, 5) is 2.45. The Morgan fingerprint density at radius 3 is 3.00 bits per heavy atom. The van der Waals surface area contributed by atoms with E-state index in [1.165, 1.54) is 22.2 Å². The van der Waals surface area contributed by atoms with Crippen molar-refractivity contribution in [2.24, 2.45) is 0 Å². The van der Waals surface area contributed by atoms with Crippen molar-refractivity contribution >= 4 is 26.8 Å². The SMILES string of the molecule is CN1CCc2c3n(c4cc(Br)ccc24)[C@H](O)CCCC31. The summed E-state index contributed by atoms with van der Waals surface area (Å²) in [5.74, 6) is 0. The third-order valence-electron chi connectivity index (χ3n) is 4.91. The van der Waals surface area contributed by atoms with E-state index in [4.69, 9.17) is 0 Å². The van der Waals surface area contributed by atoms with Gasteiger partial charge in [0.25, 0.3) is 0 Å². The number of hydrogen-bond donors (Lipinski definition) is 1. The van der Waals surface area contributed by atoms with E-state index in [1.807, 2.05) is 0 Å². The monoisotopic (exact) mass is 334 g/mol. The van der Waals surface area contributed by atoms with Gasteiger partial charge in [-0.2, -0.15) is 0 Å². The van der Waals surface area contributed by atoms with Crippen molar-refractivity contribution in [1.82, 2.24) is 9.47 Å². The molecule has 0 amide bonds. The number of fused-ring (bicyclic) bond motifs is 3. The summed E-state index contributed by atoms with van der Waals surface area (Å²) >= 11 is 3.57. The average molecular weight is 335 g/mol. The smallest absolute Gasteiger partial charge is 0.131 e. The van der Waals surface area contributed by atoms with Crippen LogP contribution in [0.3, 0.4) is 0 Å². The van der Waals surface area contributed by atoms with Crippen LogP contribution in [0.4, 0.5) is 0 Å². The van der Waals surface area contributed by atoms with E-state index in [1.54, 1.807) is 0 Å². The van der Waals surface area contributed by atoms with Crippen LogP contribution in [0.5, 0.6) is 0 Å². The predicted octanol–water partition coefficient (Wildman–Crippen LogP) is 3.61. The van der Waals surface area contributed by atoms with Crippen molar-refractivity contribution in [1.29, 1.82) is 0 Å². The maximum atomic E-state index is 10.6. The van der Waals surface area contributed by atoms with Crippen LogP contribution in [0.1, 0.15) is 42.8 Å². The van der Waals surface area contributed by atoms with E-state index in [2.05, 4.69) is 50.6 Å². The highest BCUT2D eigenvalue weighted by atomic mass is 79.9. The first-order valence-electron chi connectivity index (χ1n) is 7.37. The Morgan fingerprint density at radius 1 is 1.30 bits per heavy atom. The summed E-state index contributed by atoms with van der Waals surface area (Å²) in [6.07, 6.45) is 3.80. The van der Waals surface area contributed by atoms with Gasteiger partial charge in [0.05, 0.1) is 11.6 Å². The van der Waals surface area contributed by atoms with Crippen molar-refractivity contribution in [3.8, 4) is 0 Å². The molecule has 0 fully saturated rings. The van der Waals surface area contributed by atoms with Gasteiger partial charge in [-0.15, -0.1) is 0 Å². The molecule has 1 aromatic carbocycles. The fraction of sp³-hybridized carbons (Fsp3) is 0.500. The summed E-state index contributed by atoms with van der Waals surface area (Å²) in [6.45, 7) is 1.11. The topological polar surface area (TPSA) is 28.4 Å². The second-order valence-electron chi connectivity index (χ2n) is 6.05. The lowest BCUT2D eigenvalue weighted by atomic mass is 9.95. The summed E-state index contributed by atoms with van der Waals surface area (Å²) in [6, 6.07) is 6.92. The number of benzene rings is 1. The summed E-state index contributed by atoms with van der Waals surface area (Å²) in [5.41, 5.74) is 3.99. The number of rotatable bonds is 0. The van der Waals surface area contributed by atoms with Gasteiger partial charge in [0.2, 0.25) is 0 Å². The van der Waals surface area contributed by atoms with Gasteiger partial charge in [0, 0.05) is 22.1 Å². The maximum Gasteiger partial charge on any atom is 0.131 e.